The molecule has 2 rings (SSSR count). The first kappa shape index (κ1) is 15.5. The summed E-state index contributed by atoms with van der Waals surface area (Å²) < 4.78 is 28.7. The van der Waals surface area contributed by atoms with Crippen LogP contribution in [0.15, 0.2) is 40.4 Å². The topological polar surface area (TPSA) is 79.5 Å². The highest BCUT2D eigenvalue weighted by Gasteiger charge is 2.28. The summed E-state index contributed by atoms with van der Waals surface area (Å²) in [6.07, 6.45) is 3.74. The molecule has 1 saturated carbocycles. The lowest BCUT2D eigenvalue weighted by Gasteiger charge is -2.25. The molecule has 0 aliphatic heterocycles. The lowest BCUT2D eigenvalue weighted by molar-refractivity contribution is 0.317. The summed E-state index contributed by atoms with van der Waals surface area (Å²) in [6.45, 7) is 1.72. The molecule has 1 fully saturated rings. The minimum absolute atomic E-state index is 0.0188. The van der Waals surface area contributed by atoms with Crippen molar-refractivity contribution >= 4 is 15.8 Å². The summed E-state index contributed by atoms with van der Waals surface area (Å²) in [4.78, 5) is 0.0713. The minimum Gasteiger partial charge on any atom is -0.265 e. The molecule has 0 spiro atoms. The molecule has 2 atom stereocenters. The van der Waals surface area contributed by atoms with Gasteiger partial charge in [-0.2, -0.15) is 13.7 Å². The maximum Gasteiger partial charge on any atom is 0.358 e. The van der Waals surface area contributed by atoms with Crippen LogP contribution in [0, 0.1) is 23.2 Å². The van der Waals surface area contributed by atoms with E-state index in [2.05, 4.69) is 11.2 Å². The second kappa shape index (κ2) is 6.72. The highest BCUT2D eigenvalue weighted by atomic mass is 32.2. The van der Waals surface area contributed by atoms with Gasteiger partial charge in [-0.25, -0.2) is 0 Å². The molecule has 21 heavy (non-hydrogen) atoms. The van der Waals surface area contributed by atoms with E-state index in [1.807, 2.05) is 0 Å². The van der Waals surface area contributed by atoms with Gasteiger partial charge in [0.1, 0.15) is 4.90 Å². The van der Waals surface area contributed by atoms with E-state index >= 15 is 0 Å². The average molecular weight is 306 g/mol. The zero-order valence-electron chi connectivity index (χ0n) is 11.9. The van der Waals surface area contributed by atoms with Crippen LogP contribution in [0.1, 0.15) is 32.6 Å². The van der Waals surface area contributed by atoms with E-state index in [9.17, 15) is 8.42 Å². The lowest BCUT2D eigenvalue weighted by atomic mass is 9.78. The van der Waals surface area contributed by atoms with Gasteiger partial charge < -0.3 is 0 Å². The predicted octanol–water partition coefficient (Wildman–Crippen LogP) is 3.10. The summed E-state index contributed by atoms with van der Waals surface area (Å²) in [5.41, 5.74) is 0.570. The smallest absolute Gasteiger partial charge is 0.265 e. The fourth-order valence-electron chi connectivity index (χ4n) is 2.59. The van der Waals surface area contributed by atoms with Crippen LogP contribution in [0.4, 0.5) is 0 Å². The van der Waals surface area contributed by atoms with Crippen molar-refractivity contribution in [2.24, 2.45) is 17.0 Å². The maximum absolute atomic E-state index is 12.0. The van der Waals surface area contributed by atoms with Crippen LogP contribution in [0.3, 0.4) is 0 Å². The summed E-state index contributed by atoms with van der Waals surface area (Å²) in [5, 5.41) is 12.9. The molecular formula is C15H18N2O3S. The Labute approximate surface area is 125 Å². The summed E-state index contributed by atoms with van der Waals surface area (Å²) in [6, 6.07) is 10.2. The predicted molar refractivity (Wildman–Crippen MR) is 78.9 cm³/mol. The molecule has 0 radical (unpaired) electrons. The van der Waals surface area contributed by atoms with Crippen LogP contribution < -0.4 is 0 Å². The molecule has 1 aliphatic carbocycles. The normalized spacial score (nSPS) is 23.3. The van der Waals surface area contributed by atoms with E-state index < -0.39 is 10.1 Å². The van der Waals surface area contributed by atoms with Crippen molar-refractivity contribution in [2.45, 2.75) is 37.5 Å². The maximum atomic E-state index is 12.0. The molecule has 6 heteroatoms. The molecule has 0 bridgehead atoms. The number of nitrogens with zero attached hydrogens (tertiary/aromatic N) is 2. The van der Waals surface area contributed by atoms with Gasteiger partial charge in [0.05, 0.1) is 17.7 Å². The van der Waals surface area contributed by atoms with Crippen LogP contribution in [0.2, 0.25) is 0 Å². The first-order valence-electron chi connectivity index (χ1n) is 6.97. The monoisotopic (exact) mass is 306 g/mol. The van der Waals surface area contributed by atoms with Crippen molar-refractivity contribution in [3.05, 3.63) is 30.3 Å². The standard InChI is InChI=1S/C15H18N2O3S/c1-12(15-10-6-5-7-13(15)11-16)17-20-21(18,19)14-8-3-2-4-9-14/h2-4,8-9,13,15H,5-7,10H2,1H3/b17-12+. The number of hydrogen-bond acceptors (Lipinski definition) is 5. The van der Waals surface area contributed by atoms with E-state index in [1.54, 1.807) is 25.1 Å². The molecule has 5 nitrogen and oxygen atoms in total. The SMILES string of the molecule is C/C(=N\OS(=O)(=O)c1ccccc1)C1CCCCC1C#N. The molecule has 112 valence electrons. The Balaban J connectivity index is 2.11. The van der Waals surface area contributed by atoms with Crippen molar-refractivity contribution in [3.63, 3.8) is 0 Å². The second-order valence-corrected chi connectivity index (χ2v) is 6.73. The quantitative estimate of drug-likeness (QED) is 0.632. The van der Waals surface area contributed by atoms with Gasteiger partial charge in [-0.15, -0.1) is 0 Å². The molecule has 1 aromatic rings. The number of rotatable bonds is 4. The van der Waals surface area contributed by atoms with Crippen LogP contribution in [-0.2, 0) is 14.4 Å². The summed E-state index contributed by atoms with van der Waals surface area (Å²) in [5.74, 6) is -0.125. The molecular weight excluding hydrogens is 288 g/mol. The van der Waals surface area contributed by atoms with Gasteiger partial charge in [-0.3, -0.25) is 4.28 Å². The van der Waals surface area contributed by atoms with Crippen molar-refractivity contribution in [2.75, 3.05) is 0 Å². The number of nitriles is 1. The van der Waals surface area contributed by atoms with E-state index in [4.69, 9.17) is 9.55 Å². The largest absolute Gasteiger partial charge is 0.358 e. The van der Waals surface area contributed by atoms with E-state index in [0.717, 1.165) is 25.7 Å². The molecule has 2 unspecified atom stereocenters. The van der Waals surface area contributed by atoms with Crippen molar-refractivity contribution in [3.8, 4) is 6.07 Å². The molecule has 0 aromatic heterocycles. The van der Waals surface area contributed by atoms with Crippen molar-refractivity contribution in [1.82, 2.24) is 0 Å². The first-order valence-corrected chi connectivity index (χ1v) is 8.38. The Morgan fingerprint density at radius 2 is 1.95 bits per heavy atom. The molecule has 0 amide bonds. The molecule has 0 saturated heterocycles. The minimum atomic E-state index is -3.89. The van der Waals surface area contributed by atoms with Crippen LogP contribution in [-0.4, -0.2) is 14.1 Å². The molecule has 1 aromatic carbocycles. The van der Waals surface area contributed by atoms with E-state index in [-0.39, 0.29) is 16.7 Å². The van der Waals surface area contributed by atoms with Crippen molar-refractivity contribution < 1.29 is 12.7 Å². The van der Waals surface area contributed by atoms with Crippen LogP contribution in [0.25, 0.3) is 0 Å². The van der Waals surface area contributed by atoms with Gasteiger partial charge in [0, 0.05) is 5.92 Å². The third-order valence-electron chi connectivity index (χ3n) is 3.78. The zero-order valence-corrected chi connectivity index (χ0v) is 12.7. The average Bonchev–Trinajstić information content (AvgIpc) is 2.53. The van der Waals surface area contributed by atoms with Crippen molar-refractivity contribution in [1.29, 1.82) is 5.26 Å². The summed E-state index contributed by atoms with van der Waals surface area (Å²) >= 11 is 0. The Morgan fingerprint density at radius 1 is 1.29 bits per heavy atom. The summed E-state index contributed by atoms with van der Waals surface area (Å²) in [7, 11) is -3.89. The molecule has 1 aliphatic rings. The highest BCUT2D eigenvalue weighted by Crippen LogP contribution is 2.30. The third-order valence-corrected chi connectivity index (χ3v) is 4.90. The number of oxime groups is 1. The number of hydrogen-bond donors (Lipinski definition) is 0. The molecule has 0 heterocycles. The van der Waals surface area contributed by atoms with E-state index in [1.165, 1.54) is 12.1 Å². The number of benzene rings is 1. The zero-order chi connectivity index (χ0) is 15.3. The van der Waals surface area contributed by atoms with Gasteiger partial charge in [0.25, 0.3) is 0 Å². The van der Waals surface area contributed by atoms with Crippen LogP contribution >= 0.6 is 0 Å². The lowest BCUT2D eigenvalue weighted by Crippen LogP contribution is -2.25. The fourth-order valence-corrected chi connectivity index (χ4v) is 3.38. The van der Waals surface area contributed by atoms with E-state index in [0.29, 0.717) is 5.71 Å². The molecule has 0 N–H and O–H groups in total. The third kappa shape index (κ3) is 3.82. The van der Waals surface area contributed by atoms with Gasteiger partial charge in [-0.05, 0) is 31.9 Å². The second-order valence-electron chi connectivity index (χ2n) is 5.20. The first-order chi connectivity index (χ1) is 10.0. The van der Waals surface area contributed by atoms with Crippen LogP contribution in [0.5, 0.6) is 0 Å². The fraction of sp³-hybridized carbons (Fsp3) is 0.467. The van der Waals surface area contributed by atoms with Gasteiger partial charge >= 0.3 is 10.1 Å². The Bertz CT molecular complexity index is 647. The highest BCUT2D eigenvalue weighted by molar-refractivity contribution is 7.86. The van der Waals surface area contributed by atoms with Gasteiger partial charge in [-0.1, -0.05) is 36.2 Å². The Morgan fingerprint density at radius 3 is 2.62 bits per heavy atom. The Hall–Kier alpha value is -1.87. The van der Waals surface area contributed by atoms with Gasteiger partial charge in [0.2, 0.25) is 0 Å². The Kier molecular flexibility index (Phi) is 4.97. The van der Waals surface area contributed by atoms with Gasteiger partial charge in [0.15, 0.2) is 0 Å².